The molecule has 0 spiro atoms. The Labute approximate surface area is 141 Å². The number of carboxylic acid groups (broad SMARTS) is 2. The predicted octanol–water partition coefficient (Wildman–Crippen LogP) is -2.04. The molecule has 1 saturated heterocycles. The lowest BCUT2D eigenvalue weighted by atomic mass is 10.1. The minimum absolute atomic E-state index is 0.0805. The summed E-state index contributed by atoms with van der Waals surface area (Å²) in [6.07, 6.45) is -0.350. The van der Waals surface area contributed by atoms with Gasteiger partial charge in [-0.05, 0) is 6.92 Å². The van der Waals surface area contributed by atoms with Gasteiger partial charge in [0.1, 0.15) is 6.23 Å². The Bertz CT molecular complexity index is 754. The number of ether oxygens (including phenoxy) is 1. The number of hydrogen-bond donors (Lipinski definition) is 4. The lowest BCUT2D eigenvalue weighted by Gasteiger charge is -2.28. The Morgan fingerprint density at radius 1 is 1.32 bits per heavy atom. The first-order valence-electron chi connectivity index (χ1n) is 7.49. The molecule has 0 radical (unpaired) electrons. The maximum Gasteiger partial charge on any atom is 0.330 e. The number of aliphatic carboxylic acids is 2. The number of rotatable bonds is 7. The predicted molar refractivity (Wildman–Crippen MR) is 82.3 cm³/mol. The van der Waals surface area contributed by atoms with Crippen molar-refractivity contribution in [3.8, 4) is 0 Å². The van der Waals surface area contributed by atoms with E-state index in [4.69, 9.17) is 14.9 Å². The molecular weight excluding hydrogens is 338 g/mol. The first-order valence-corrected chi connectivity index (χ1v) is 7.49. The molecule has 0 saturated carbocycles. The largest absolute Gasteiger partial charge is 0.480 e. The van der Waals surface area contributed by atoms with Crippen LogP contribution in [0.4, 0.5) is 0 Å². The van der Waals surface area contributed by atoms with Crippen LogP contribution in [0.25, 0.3) is 0 Å². The van der Waals surface area contributed by atoms with Gasteiger partial charge in [-0.3, -0.25) is 28.8 Å². The Balaban J connectivity index is 2.31. The molecule has 2 heterocycles. The minimum Gasteiger partial charge on any atom is -0.480 e. The molecule has 1 aromatic heterocycles. The quantitative estimate of drug-likeness (QED) is 0.431. The van der Waals surface area contributed by atoms with E-state index >= 15 is 0 Å². The third-order valence-corrected chi connectivity index (χ3v) is 3.99. The summed E-state index contributed by atoms with van der Waals surface area (Å²) in [6, 6.07) is -0.721. The van der Waals surface area contributed by atoms with Crippen molar-refractivity contribution in [3.05, 3.63) is 32.6 Å². The van der Waals surface area contributed by atoms with Crippen LogP contribution in [0.15, 0.2) is 15.8 Å². The fraction of sp³-hybridized carbons (Fsp3) is 0.571. The fourth-order valence-corrected chi connectivity index (χ4v) is 2.87. The zero-order valence-corrected chi connectivity index (χ0v) is 13.4. The van der Waals surface area contributed by atoms with Crippen molar-refractivity contribution in [1.29, 1.82) is 0 Å². The van der Waals surface area contributed by atoms with Crippen LogP contribution in [0.1, 0.15) is 18.2 Å². The maximum absolute atomic E-state index is 12.0. The summed E-state index contributed by atoms with van der Waals surface area (Å²) in [5.41, 5.74) is -0.964. The first kappa shape index (κ1) is 18.8. The molecule has 1 fully saturated rings. The number of aliphatic hydroxyl groups is 1. The lowest BCUT2D eigenvalue weighted by Crippen LogP contribution is -2.47. The highest BCUT2D eigenvalue weighted by Crippen LogP contribution is 2.31. The molecule has 1 aromatic rings. The van der Waals surface area contributed by atoms with Gasteiger partial charge in [0.25, 0.3) is 5.56 Å². The zero-order valence-electron chi connectivity index (χ0n) is 13.4. The SMILES string of the molecule is Cc1cn([C@H]2C[C@H](N(CC(=O)O)CC(=O)O)[C@@H](CO)O2)c(=O)[nH]c1=O. The van der Waals surface area contributed by atoms with E-state index in [9.17, 15) is 24.3 Å². The van der Waals surface area contributed by atoms with E-state index in [1.807, 2.05) is 0 Å². The molecule has 1 aliphatic heterocycles. The number of H-pyrrole nitrogens is 1. The monoisotopic (exact) mass is 357 g/mol. The first-order chi connectivity index (χ1) is 11.7. The second-order valence-electron chi connectivity index (χ2n) is 5.79. The van der Waals surface area contributed by atoms with Crippen molar-refractivity contribution in [2.75, 3.05) is 19.7 Å². The molecule has 11 nitrogen and oxygen atoms in total. The van der Waals surface area contributed by atoms with Gasteiger partial charge in [0.2, 0.25) is 0 Å². The van der Waals surface area contributed by atoms with Crippen molar-refractivity contribution < 1.29 is 29.6 Å². The van der Waals surface area contributed by atoms with Crippen molar-refractivity contribution >= 4 is 11.9 Å². The number of aromatic nitrogens is 2. The maximum atomic E-state index is 12.0. The van der Waals surface area contributed by atoms with Crippen LogP contribution in [0, 0.1) is 6.92 Å². The normalized spacial score (nSPS) is 23.1. The standard InChI is InChI=1S/C14H19N3O8/c1-7-3-17(14(24)15-13(7)23)10-2-8(9(6-18)25-10)16(4-11(19)20)5-12(21)22/h3,8-10,18H,2,4-6H2,1H3,(H,19,20)(H,21,22)(H,15,23,24)/t8-,9+,10+/m0/s1. The molecule has 0 bridgehead atoms. The van der Waals surface area contributed by atoms with Crippen molar-refractivity contribution in [3.63, 3.8) is 0 Å². The van der Waals surface area contributed by atoms with Gasteiger partial charge < -0.3 is 20.1 Å². The van der Waals surface area contributed by atoms with Crippen LogP contribution < -0.4 is 11.2 Å². The number of carboxylic acids is 2. The van der Waals surface area contributed by atoms with Crippen molar-refractivity contribution in [1.82, 2.24) is 14.5 Å². The molecule has 2 rings (SSSR count). The van der Waals surface area contributed by atoms with Crippen LogP contribution in [0.3, 0.4) is 0 Å². The van der Waals surface area contributed by atoms with Gasteiger partial charge >= 0.3 is 17.6 Å². The Hall–Kier alpha value is -2.50. The molecule has 0 amide bonds. The number of aromatic amines is 1. The third-order valence-electron chi connectivity index (χ3n) is 3.99. The van der Waals surface area contributed by atoms with Crippen molar-refractivity contribution in [2.24, 2.45) is 0 Å². The van der Waals surface area contributed by atoms with Crippen LogP contribution >= 0.6 is 0 Å². The molecule has 0 aliphatic carbocycles. The van der Waals surface area contributed by atoms with Crippen LogP contribution in [0.2, 0.25) is 0 Å². The Morgan fingerprint density at radius 2 is 1.92 bits per heavy atom. The average Bonchev–Trinajstić information content (AvgIpc) is 2.93. The molecule has 4 N–H and O–H groups in total. The van der Waals surface area contributed by atoms with Gasteiger partial charge in [0.05, 0.1) is 25.8 Å². The highest BCUT2D eigenvalue weighted by atomic mass is 16.5. The highest BCUT2D eigenvalue weighted by molar-refractivity contribution is 5.72. The van der Waals surface area contributed by atoms with E-state index in [1.165, 1.54) is 13.1 Å². The molecule has 1 aliphatic rings. The summed E-state index contributed by atoms with van der Waals surface area (Å²) in [5, 5.41) is 27.4. The average molecular weight is 357 g/mol. The van der Waals surface area contributed by atoms with Crippen LogP contribution in [-0.2, 0) is 14.3 Å². The summed E-state index contributed by atoms with van der Waals surface area (Å²) >= 11 is 0. The summed E-state index contributed by atoms with van der Waals surface area (Å²) in [6.45, 7) is -0.0773. The van der Waals surface area contributed by atoms with Crippen LogP contribution in [0.5, 0.6) is 0 Å². The number of carbonyl (C=O) groups is 2. The number of aliphatic hydroxyl groups excluding tert-OH is 1. The minimum atomic E-state index is -1.22. The summed E-state index contributed by atoms with van der Waals surface area (Å²) in [4.78, 5) is 48.7. The summed E-state index contributed by atoms with van der Waals surface area (Å²) in [5.74, 6) is -2.45. The second-order valence-corrected chi connectivity index (χ2v) is 5.79. The third kappa shape index (κ3) is 4.32. The molecule has 11 heteroatoms. The highest BCUT2D eigenvalue weighted by Gasteiger charge is 2.41. The van der Waals surface area contributed by atoms with Gasteiger partial charge in [0, 0.05) is 24.2 Å². The van der Waals surface area contributed by atoms with Gasteiger partial charge in [-0.2, -0.15) is 0 Å². The van der Waals surface area contributed by atoms with Crippen LogP contribution in [-0.4, -0.2) is 73.6 Å². The van der Waals surface area contributed by atoms with E-state index in [2.05, 4.69) is 4.98 Å². The van der Waals surface area contributed by atoms with E-state index in [-0.39, 0.29) is 12.0 Å². The fourth-order valence-electron chi connectivity index (χ4n) is 2.87. The van der Waals surface area contributed by atoms with E-state index < -0.39 is 61.3 Å². The number of nitrogens with one attached hydrogen (secondary N) is 1. The molecule has 0 aromatic carbocycles. The second kappa shape index (κ2) is 7.59. The van der Waals surface area contributed by atoms with Gasteiger partial charge in [-0.1, -0.05) is 0 Å². The van der Waals surface area contributed by atoms with Gasteiger partial charge in [-0.15, -0.1) is 0 Å². The number of hydrogen-bond acceptors (Lipinski definition) is 7. The van der Waals surface area contributed by atoms with Gasteiger partial charge in [0.15, 0.2) is 0 Å². The molecule has 0 unspecified atom stereocenters. The molecule has 25 heavy (non-hydrogen) atoms. The lowest BCUT2D eigenvalue weighted by molar-refractivity contribution is -0.143. The number of nitrogens with zero attached hydrogens (tertiary/aromatic N) is 2. The molecule has 3 atom stereocenters. The van der Waals surface area contributed by atoms with Crippen molar-refractivity contribution in [2.45, 2.75) is 31.7 Å². The Kier molecular flexibility index (Phi) is 5.72. The smallest absolute Gasteiger partial charge is 0.330 e. The van der Waals surface area contributed by atoms with Gasteiger partial charge in [-0.25, -0.2) is 4.79 Å². The number of aryl methyl sites for hydroxylation is 1. The topological polar surface area (TPSA) is 162 Å². The molecule has 138 valence electrons. The van der Waals surface area contributed by atoms with E-state index in [0.717, 1.165) is 9.47 Å². The van der Waals surface area contributed by atoms with E-state index in [0.29, 0.717) is 0 Å². The van der Waals surface area contributed by atoms with E-state index in [1.54, 1.807) is 0 Å². The summed E-state index contributed by atoms with van der Waals surface area (Å²) in [7, 11) is 0. The zero-order chi connectivity index (χ0) is 18.7. The molecular formula is C14H19N3O8. The Morgan fingerprint density at radius 3 is 2.44 bits per heavy atom. The summed E-state index contributed by atoms with van der Waals surface area (Å²) < 4.78 is 6.73.